The number of nitrogens with zero attached hydrogens (tertiary/aromatic N) is 4. The average molecular weight is 496 g/mol. The van der Waals surface area contributed by atoms with Gasteiger partial charge in [-0.15, -0.1) is 0 Å². The van der Waals surface area contributed by atoms with Crippen LogP contribution in [0.4, 0.5) is 0 Å². The van der Waals surface area contributed by atoms with E-state index in [-0.39, 0.29) is 29.7 Å². The molecular weight excluding hydrogens is 466 g/mol. The fraction of sp³-hybridized carbons (Fsp3) is 0.241. The number of Topliss-reactive ketones (excluding diaryl/α,β-unsaturated/α-hetero) is 1. The van der Waals surface area contributed by atoms with Crippen LogP contribution >= 0.6 is 0 Å². The van der Waals surface area contributed by atoms with Gasteiger partial charge in [-0.2, -0.15) is 5.10 Å². The van der Waals surface area contributed by atoms with E-state index in [1.807, 2.05) is 65.3 Å². The Hall–Kier alpha value is -4.46. The summed E-state index contributed by atoms with van der Waals surface area (Å²) in [6, 6.07) is 21.1. The minimum atomic E-state index is -0.262. The van der Waals surface area contributed by atoms with E-state index in [0.29, 0.717) is 22.7 Å². The summed E-state index contributed by atoms with van der Waals surface area (Å²) in [5.74, 6) is 1.17. The molecule has 0 spiro atoms. The van der Waals surface area contributed by atoms with Crippen LogP contribution in [-0.2, 0) is 30.1 Å². The minimum absolute atomic E-state index is 0.0778. The molecule has 3 heterocycles. The number of nitrogens with one attached hydrogen (secondary N) is 1. The standard InChI is InChI=1S/C29H29N5O3/c1-29(2,3)25-18-21(34(32-25)20-10-6-5-7-11-20)17-22(35)15-19-9-8-12-23(16-19)37-24-13-14-30-27-26(24)33(4)28(36)31-27/h5-14,16,18H,15,17H2,1-4H3,(H,30,31,36). The maximum absolute atomic E-state index is 13.2. The zero-order chi connectivity index (χ0) is 26.2. The Morgan fingerprint density at radius 1 is 1.00 bits per heavy atom. The molecule has 0 saturated carbocycles. The first kappa shape index (κ1) is 24.2. The molecule has 0 aliphatic rings. The van der Waals surface area contributed by atoms with E-state index in [1.54, 1.807) is 19.3 Å². The molecule has 5 aromatic rings. The Bertz CT molecular complexity index is 1640. The minimum Gasteiger partial charge on any atom is -0.455 e. The fourth-order valence-electron chi connectivity index (χ4n) is 4.26. The predicted octanol–water partition coefficient (Wildman–Crippen LogP) is 4.89. The Balaban J connectivity index is 1.36. The number of aromatic amines is 1. The zero-order valence-corrected chi connectivity index (χ0v) is 21.4. The molecule has 37 heavy (non-hydrogen) atoms. The molecule has 8 heteroatoms. The highest BCUT2D eigenvalue weighted by Crippen LogP contribution is 2.28. The monoisotopic (exact) mass is 495 g/mol. The number of para-hydroxylation sites is 1. The van der Waals surface area contributed by atoms with Crippen LogP contribution in [0.5, 0.6) is 11.5 Å². The molecule has 1 N–H and O–H groups in total. The van der Waals surface area contributed by atoms with Gasteiger partial charge in [0, 0.05) is 37.6 Å². The first-order valence-corrected chi connectivity index (χ1v) is 12.2. The van der Waals surface area contributed by atoms with Crippen LogP contribution in [-0.4, -0.2) is 30.1 Å². The van der Waals surface area contributed by atoms with Crippen LogP contribution < -0.4 is 10.4 Å². The Morgan fingerprint density at radius 3 is 2.54 bits per heavy atom. The Kier molecular flexibility index (Phi) is 6.25. The first-order valence-electron chi connectivity index (χ1n) is 12.2. The number of imidazole rings is 1. The van der Waals surface area contributed by atoms with Gasteiger partial charge in [0.05, 0.1) is 17.1 Å². The van der Waals surface area contributed by atoms with E-state index < -0.39 is 0 Å². The fourth-order valence-corrected chi connectivity index (χ4v) is 4.26. The molecule has 188 valence electrons. The summed E-state index contributed by atoms with van der Waals surface area (Å²) in [7, 11) is 1.66. The maximum atomic E-state index is 13.2. The van der Waals surface area contributed by atoms with E-state index in [0.717, 1.165) is 22.6 Å². The highest BCUT2D eigenvalue weighted by Gasteiger charge is 2.22. The van der Waals surface area contributed by atoms with Gasteiger partial charge in [0.15, 0.2) is 11.4 Å². The van der Waals surface area contributed by atoms with Crippen LogP contribution in [0.1, 0.15) is 37.7 Å². The zero-order valence-electron chi connectivity index (χ0n) is 21.4. The van der Waals surface area contributed by atoms with E-state index in [1.165, 1.54) is 4.57 Å². The maximum Gasteiger partial charge on any atom is 0.327 e. The van der Waals surface area contributed by atoms with Crippen molar-refractivity contribution >= 4 is 16.9 Å². The third kappa shape index (κ3) is 5.09. The van der Waals surface area contributed by atoms with Crippen molar-refractivity contribution in [1.82, 2.24) is 24.3 Å². The number of hydrogen-bond donors (Lipinski definition) is 1. The van der Waals surface area contributed by atoms with Crippen LogP contribution in [0.25, 0.3) is 16.9 Å². The van der Waals surface area contributed by atoms with Crippen LogP contribution in [0.2, 0.25) is 0 Å². The number of benzene rings is 2. The highest BCUT2D eigenvalue weighted by atomic mass is 16.5. The summed E-state index contributed by atoms with van der Waals surface area (Å²) in [4.78, 5) is 32.1. The van der Waals surface area contributed by atoms with Crippen molar-refractivity contribution in [3.8, 4) is 17.2 Å². The lowest BCUT2D eigenvalue weighted by atomic mass is 9.92. The molecular formula is C29H29N5O3. The molecule has 0 unspecified atom stereocenters. The van der Waals surface area contributed by atoms with Gasteiger partial charge in [-0.3, -0.25) is 14.3 Å². The second-order valence-electron chi connectivity index (χ2n) is 10.2. The van der Waals surface area contributed by atoms with Gasteiger partial charge in [-0.1, -0.05) is 51.1 Å². The average Bonchev–Trinajstić information content (AvgIpc) is 3.41. The number of ketones is 1. The Labute approximate surface area is 214 Å². The second-order valence-corrected chi connectivity index (χ2v) is 10.2. The number of H-pyrrole nitrogens is 1. The molecule has 3 aromatic heterocycles. The number of hydrogen-bond acceptors (Lipinski definition) is 5. The van der Waals surface area contributed by atoms with Gasteiger partial charge in [0.1, 0.15) is 17.0 Å². The molecule has 0 bridgehead atoms. The first-order chi connectivity index (χ1) is 17.7. The lowest BCUT2D eigenvalue weighted by molar-refractivity contribution is -0.117. The Morgan fingerprint density at radius 2 is 1.78 bits per heavy atom. The topological polar surface area (TPSA) is 94.8 Å². The van der Waals surface area contributed by atoms with Crippen molar-refractivity contribution in [1.29, 1.82) is 0 Å². The van der Waals surface area contributed by atoms with Gasteiger partial charge < -0.3 is 4.74 Å². The van der Waals surface area contributed by atoms with Crippen molar-refractivity contribution in [2.75, 3.05) is 0 Å². The second kappa shape index (κ2) is 9.54. The number of fused-ring (bicyclic) bond motifs is 1. The van der Waals surface area contributed by atoms with Crippen molar-refractivity contribution in [3.05, 3.63) is 100 Å². The predicted molar refractivity (Wildman–Crippen MR) is 143 cm³/mol. The van der Waals surface area contributed by atoms with E-state index >= 15 is 0 Å². The number of carbonyl (C=O) groups excluding carboxylic acids is 1. The summed E-state index contributed by atoms with van der Waals surface area (Å²) >= 11 is 0. The van der Waals surface area contributed by atoms with E-state index in [9.17, 15) is 9.59 Å². The van der Waals surface area contributed by atoms with Gasteiger partial charge in [0.25, 0.3) is 0 Å². The van der Waals surface area contributed by atoms with Crippen LogP contribution in [0.15, 0.2) is 77.7 Å². The number of pyridine rings is 1. The number of aromatic nitrogens is 5. The van der Waals surface area contributed by atoms with Crippen LogP contribution in [0.3, 0.4) is 0 Å². The van der Waals surface area contributed by atoms with Crippen LogP contribution in [0, 0.1) is 0 Å². The summed E-state index contributed by atoms with van der Waals surface area (Å²) < 4.78 is 9.43. The molecule has 5 rings (SSSR count). The molecule has 2 aromatic carbocycles. The summed E-state index contributed by atoms with van der Waals surface area (Å²) in [5.41, 5.74) is 4.22. The van der Waals surface area contributed by atoms with Crippen molar-refractivity contribution < 1.29 is 9.53 Å². The van der Waals surface area contributed by atoms with E-state index in [4.69, 9.17) is 9.84 Å². The summed E-state index contributed by atoms with van der Waals surface area (Å²) in [6.45, 7) is 6.34. The molecule has 8 nitrogen and oxygen atoms in total. The van der Waals surface area contributed by atoms with Gasteiger partial charge in [0.2, 0.25) is 0 Å². The summed E-state index contributed by atoms with van der Waals surface area (Å²) in [5, 5.41) is 4.82. The van der Waals surface area contributed by atoms with Gasteiger partial charge in [-0.25, -0.2) is 14.5 Å². The molecule has 0 amide bonds. The van der Waals surface area contributed by atoms with Crippen molar-refractivity contribution in [3.63, 3.8) is 0 Å². The quantitative estimate of drug-likeness (QED) is 0.347. The third-order valence-electron chi connectivity index (χ3n) is 6.21. The molecule has 0 aliphatic heterocycles. The van der Waals surface area contributed by atoms with Crippen molar-refractivity contribution in [2.45, 2.75) is 39.0 Å². The van der Waals surface area contributed by atoms with Gasteiger partial charge >= 0.3 is 5.69 Å². The molecule has 0 atom stereocenters. The summed E-state index contributed by atoms with van der Waals surface area (Å²) in [6.07, 6.45) is 2.11. The van der Waals surface area contributed by atoms with Crippen molar-refractivity contribution in [2.24, 2.45) is 7.05 Å². The molecule has 0 aliphatic carbocycles. The van der Waals surface area contributed by atoms with E-state index in [2.05, 4.69) is 30.7 Å². The third-order valence-corrected chi connectivity index (χ3v) is 6.21. The molecule has 0 fully saturated rings. The number of ether oxygens (including phenoxy) is 1. The number of aryl methyl sites for hydroxylation is 1. The molecule has 0 saturated heterocycles. The lowest BCUT2D eigenvalue weighted by Gasteiger charge is -2.14. The largest absolute Gasteiger partial charge is 0.455 e. The number of carbonyl (C=O) groups is 1. The van der Waals surface area contributed by atoms with Gasteiger partial charge in [-0.05, 0) is 35.9 Å². The normalized spacial score (nSPS) is 11.7. The smallest absolute Gasteiger partial charge is 0.327 e. The highest BCUT2D eigenvalue weighted by molar-refractivity contribution is 5.83. The SMILES string of the molecule is Cn1c(=O)[nH]c2nccc(Oc3cccc(CC(=O)Cc4cc(C(C)(C)C)nn4-c4ccccc4)c3)c21. The lowest BCUT2D eigenvalue weighted by Crippen LogP contribution is -2.13. The number of rotatable bonds is 7. The molecule has 0 radical (unpaired) electrons.